The molecule has 1 aromatic rings. The highest BCUT2D eigenvalue weighted by atomic mass is 32.2. The molecule has 0 spiro atoms. The molecule has 20 heavy (non-hydrogen) atoms. The maximum absolute atomic E-state index is 11.8. The molecule has 1 aromatic carbocycles. The Hall–Kier alpha value is -1.49. The van der Waals surface area contributed by atoms with E-state index in [4.69, 9.17) is 0 Å². The second kappa shape index (κ2) is 6.79. The molecule has 110 valence electrons. The van der Waals surface area contributed by atoms with Gasteiger partial charge in [0.15, 0.2) is 0 Å². The number of amides is 3. The lowest BCUT2D eigenvalue weighted by atomic mass is 9.87. The van der Waals surface area contributed by atoms with E-state index in [1.165, 1.54) is 24.4 Å². The highest BCUT2D eigenvalue weighted by Crippen LogP contribution is 2.27. The number of urea groups is 1. The van der Waals surface area contributed by atoms with Crippen LogP contribution in [0.2, 0.25) is 0 Å². The van der Waals surface area contributed by atoms with Crippen LogP contribution in [0.15, 0.2) is 29.2 Å². The van der Waals surface area contributed by atoms with Gasteiger partial charge >= 0.3 is 6.03 Å². The van der Waals surface area contributed by atoms with Gasteiger partial charge in [-0.05, 0) is 30.0 Å². The van der Waals surface area contributed by atoms with Crippen LogP contribution in [-0.2, 0) is 10.2 Å². The average molecular weight is 294 g/mol. The zero-order valence-electron chi connectivity index (χ0n) is 12.6. The van der Waals surface area contributed by atoms with E-state index in [0.29, 0.717) is 0 Å². The van der Waals surface area contributed by atoms with Gasteiger partial charge in [0.2, 0.25) is 5.91 Å². The van der Waals surface area contributed by atoms with Gasteiger partial charge in [-0.25, -0.2) is 4.79 Å². The fraction of sp³-hybridized carbons (Fsp3) is 0.467. The highest BCUT2D eigenvalue weighted by Gasteiger charge is 2.17. The molecule has 3 amide bonds. The molecule has 0 aromatic heterocycles. The smallest absolute Gasteiger partial charge is 0.321 e. The second-order valence-corrected chi connectivity index (χ2v) is 7.02. The topological polar surface area (TPSA) is 58.2 Å². The van der Waals surface area contributed by atoms with E-state index in [9.17, 15) is 9.59 Å². The Morgan fingerprint density at radius 3 is 2.15 bits per heavy atom. The molecule has 0 fully saturated rings. The van der Waals surface area contributed by atoms with Gasteiger partial charge in [-0.3, -0.25) is 10.1 Å². The third-order valence-corrected chi connectivity index (χ3v) is 3.98. The largest absolute Gasteiger partial charge is 0.341 e. The molecule has 0 radical (unpaired) electrons. The van der Waals surface area contributed by atoms with E-state index in [1.807, 2.05) is 12.1 Å². The van der Waals surface area contributed by atoms with Crippen molar-refractivity contribution < 1.29 is 9.59 Å². The van der Waals surface area contributed by atoms with Crippen LogP contribution in [0.4, 0.5) is 4.79 Å². The van der Waals surface area contributed by atoms with Gasteiger partial charge in [-0.15, -0.1) is 11.8 Å². The third-order valence-electron chi connectivity index (χ3n) is 2.87. The first-order chi connectivity index (χ1) is 9.24. The summed E-state index contributed by atoms with van der Waals surface area (Å²) in [5.74, 6) is -0.297. The van der Waals surface area contributed by atoms with Crippen molar-refractivity contribution in [1.29, 1.82) is 0 Å². The van der Waals surface area contributed by atoms with E-state index in [-0.39, 0.29) is 16.6 Å². The van der Waals surface area contributed by atoms with Gasteiger partial charge < -0.3 is 5.32 Å². The SMILES string of the molecule is CNC(=O)NC(=O)C(C)Sc1ccc(C(C)(C)C)cc1. The minimum Gasteiger partial charge on any atom is -0.341 e. The van der Waals surface area contributed by atoms with Gasteiger partial charge in [0.25, 0.3) is 0 Å². The highest BCUT2D eigenvalue weighted by molar-refractivity contribution is 8.00. The van der Waals surface area contributed by atoms with E-state index in [0.717, 1.165) is 4.90 Å². The van der Waals surface area contributed by atoms with Crippen LogP contribution in [0.3, 0.4) is 0 Å². The van der Waals surface area contributed by atoms with Crippen LogP contribution in [0.25, 0.3) is 0 Å². The summed E-state index contributed by atoms with van der Waals surface area (Å²) in [6.07, 6.45) is 0. The standard InChI is InChI=1S/C15H22N2O2S/c1-10(13(18)17-14(19)16-5)20-12-8-6-11(7-9-12)15(2,3)4/h6-10H,1-5H3,(H2,16,17,18,19). The van der Waals surface area contributed by atoms with Gasteiger partial charge in [-0.2, -0.15) is 0 Å². The summed E-state index contributed by atoms with van der Waals surface area (Å²) in [5.41, 5.74) is 1.37. The van der Waals surface area contributed by atoms with Crippen molar-refractivity contribution >= 4 is 23.7 Å². The average Bonchev–Trinajstić information content (AvgIpc) is 2.38. The first-order valence-electron chi connectivity index (χ1n) is 6.54. The summed E-state index contributed by atoms with van der Waals surface area (Å²) in [5, 5.41) is 4.31. The number of benzene rings is 1. The van der Waals surface area contributed by atoms with Gasteiger partial charge in [0.1, 0.15) is 0 Å². The monoisotopic (exact) mass is 294 g/mol. The Morgan fingerprint density at radius 2 is 1.70 bits per heavy atom. The molecule has 0 aliphatic heterocycles. The van der Waals surface area contributed by atoms with Crippen molar-refractivity contribution in [2.45, 2.75) is 43.3 Å². The van der Waals surface area contributed by atoms with E-state index >= 15 is 0 Å². The zero-order valence-corrected chi connectivity index (χ0v) is 13.4. The lowest BCUT2D eigenvalue weighted by Crippen LogP contribution is -2.41. The van der Waals surface area contributed by atoms with Gasteiger partial charge in [-0.1, -0.05) is 32.9 Å². The van der Waals surface area contributed by atoms with Crippen molar-refractivity contribution in [1.82, 2.24) is 10.6 Å². The van der Waals surface area contributed by atoms with Gasteiger partial charge in [0.05, 0.1) is 5.25 Å². The van der Waals surface area contributed by atoms with Crippen molar-refractivity contribution in [3.63, 3.8) is 0 Å². The van der Waals surface area contributed by atoms with Crippen molar-refractivity contribution in [3.05, 3.63) is 29.8 Å². The normalized spacial score (nSPS) is 12.7. The maximum Gasteiger partial charge on any atom is 0.321 e. The first kappa shape index (κ1) is 16.6. The number of nitrogens with one attached hydrogen (secondary N) is 2. The Bertz CT molecular complexity index is 478. The summed E-state index contributed by atoms with van der Waals surface area (Å²) in [7, 11) is 1.48. The van der Waals surface area contributed by atoms with Gasteiger partial charge in [0, 0.05) is 11.9 Å². The van der Waals surface area contributed by atoms with Crippen LogP contribution in [0, 0.1) is 0 Å². The molecule has 1 unspecified atom stereocenters. The molecule has 5 heteroatoms. The molecule has 0 bridgehead atoms. The van der Waals surface area contributed by atoms with E-state index in [1.54, 1.807) is 6.92 Å². The van der Waals surface area contributed by atoms with Crippen LogP contribution in [-0.4, -0.2) is 24.2 Å². The minimum atomic E-state index is -0.481. The molecule has 0 aliphatic carbocycles. The Labute approximate surface area is 124 Å². The molecular weight excluding hydrogens is 272 g/mol. The molecule has 2 N–H and O–H groups in total. The molecule has 1 atom stereocenters. The Morgan fingerprint density at radius 1 is 1.15 bits per heavy atom. The number of carbonyl (C=O) groups excluding carboxylic acids is 2. The first-order valence-corrected chi connectivity index (χ1v) is 7.42. The van der Waals surface area contributed by atoms with E-state index in [2.05, 4.69) is 43.5 Å². The number of carbonyl (C=O) groups is 2. The van der Waals surface area contributed by atoms with Crippen molar-refractivity contribution in [2.75, 3.05) is 7.05 Å². The second-order valence-electron chi connectivity index (χ2n) is 5.60. The summed E-state index contributed by atoms with van der Waals surface area (Å²) in [6, 6.07) is 7.69. The van der Waals surface area contributed by atoms with Crippen molar-refractivity contribution in [3.8, 4) is 0 Å². The lowest BCUT2D eigenvalue weighted by Gasteiger charge is -2.19. The molecule has 1 rings (SSSR count). The number of rotatable bonds is 3. The van der Waals surface area contributed by atoms with Crippen LogP contribution >= 0.6 is 11.8 Å². The summed E-state index contributed by atoms with van der Waals surface area (Å²) in [4.78, 5) is 23.8. The predicted octanol–water partition coefficient (Wildman–Crippen LogP) is 2.92. The van der Waals surface area contributed by atoms with Crippen LogP contribution < -0.4 is 10.6 Å². The fourth-order valence-corrected chi connectivity index (χ4v) is 2.43. The molecule has 0 heterocycles. The Balaban J connectivity index is 2.64. The quantitative estimate of drug-likeness (QED) is 0.843. The molecular formula is C15H22N2O2S. The van der Waals surface area contributed by atoms with Crippen LogP contribution in [0.1, 0.15) is 33.3 Å². The number of hydrogen-bond donors (Lipinski definition) is 2. The van der Waals surface area contributed by atoms with E-state index < -0.39 is 6.03 Å². The maximum atomic E-state index is 11.8. The number of hydrogen-bond acceptors (Lipinski definition) is 3. The molecule has 0 saturated carbocycles. The molecule has 0 saturated heterocycles. The van der Waals surface area contributed by atoms with Crippen LogP contribution in [0.5, 0.6) is 0 Å². The molecule has 0 aliphatic rings. The third kappa shape index (κ3) is 4.89. The lowest BCUT2D eigenvalue weighted by molar-refractivity contribution is -0.119. The summed E-state index contributed by atoms with van der Waals surface area (Å²) < 4.78 is 0. The number of imide groups is 1. The Kier molecular flexibility index (Phi) is 5.62. The summed E-state index contributed by atoms with van der Waals surface area (Å²) in [6.45, 7) is 8.26. The van der Waals surface area contributed by atoms with Crippen molar-refractivity contribution in [2.24, 2.45) is 0 Å². The minimum absolute atomic E-state index is 0.116. The molecule has 4 nitrogen and oxygen atoms in total. The predicted molar refractivity (Wildman–Crippen MR) is 83.1 cm³/mol. The zero-order chi connectivity index (χ0) is 15.3. The number of thioether (sulfide) groups is 1. The fourth-order valence-electron chi connectivity index (χ4n) is 1.57. The summed E-state index contributed by atoms with van der Waals surface area (Å²) >= 11 is 1.43.